The summed E-state index contributed by atoms with van der Waals surface area (Å²) in [5.41, 5.74) is -2.95. The average molecular weight is 398 g/mol. The van der Waals surface area contributed by atoms with Gasteiger partial charge in [0.2, 0.25) is 5.60 Å². The number of carboxylic acid groups (broad SMARTS) is 5. The molecule has 2 atom stereocenters. The van der Waals surface area contributed by atoms with Gasteiger partial charge in [-0.05, 0) is 6.92 Å². The molecule has 7 N–H and O–H groups in total. The highest BCUT2D eigenvalue weighted by atomic mass is 16.6. The zero-order valence-corrected chi connectivity index (χ0v) is 13.8. The van der Waals surface area contributed by atoms with Crippen molar-refractivity contribution in [3.8, 4) is 0 Å². The molecule has 0 aliphatic heterocycles. The summed E-state index contributed by atoms with van der Waals surface area (Å²) in [4.78, 5) is 63.4. The lowest BCUT2D eigenvalue weighted by molar-refractivity contribution is -0.191. The fraction of sp³-hybridized carbons (Fsp3) is 0.538. The van der Waals surface area contributed by atoms with Gasteiger partial charge in [-0.15, -0.1) is 0 Å². The van der Waals surface area contributed by atoms with E-state index >= 15 is 0 Å². The summed E-state index contributed by atoms with van der Waals surface area (Å²) in [7, 11) is 0. The van der Waals surface area contributed by atoms with Crippen LogP contribution in [0.5, 0.6) is 0 Å². The molecule has 0 spiro atoms. The van der Waals surface area contributed by atoms with Crippen LogP contribution in [0.15, 0.2) is 0 Å². The summed E-state index contributed by atoms with van der Waals surface area (Å²) >= 11 is 0. The number of aliphatic hydroxyl groups is 2. The van der Waals surface area contributed by atoms with Crippen LogP contribution in [-0.4, -0.2) is 89.4 Å². The molecule has 0 radical (unpaired) electrons. The standard InChI is InChI=1S/C10H12O11.C3H6O3/c11-4(1-5(12)13)8(18)21-10(9(19)20,2-6(14)15)3-7(16)17;1-2(4)3(5)6/h4,11H,1-3H2,(H,12,13)(H,14,15)(H,16,17)(H,19,20);2,4H,1H3,(H,5,6). The van der Waals surface area contributed by atoms with Crippen molar-refractivity contribution >= 4 is 35.8 Å². The van der Waals surface area contributed by atoms with E-state index in [0.717, 1.165) is 0 Å². The van der Waals surface area contributed by atoms with Crippen LogP contribution in [0.25, 0.3) is 0 Å². The smallest absolute Gasteiger partial charge is 0.349 e. The monoisotopic (exact) mass is 398 g/mol. The normalized spacial score (nSPS) is 12.6. The predicted octanol–water partition coefficient (Wildman–Crippen LogP) is -2.41. The molecule has 0 aromatic heterocycles. The first-order valence-electron chi connectivity index (χ1n) is 6.85. The van der Waals surface area contributed by atoms with Gasteiger partial charge in [-0.25, -0.2) is 14.4 Å². The summed E-state index contributed by atoms with van der Waals surface area (Å²) in [5, 5.41) is 59.4. The number of ether oxygens (including phenoxy) is 1. The van der Waals surface area contributed by atoms with Crippen molar-refractivity contribution in [1.29, 1.82) is 0 Å². The van der Waals surface area contributed by atoms with Crippen LogP contribution < -0.4 is 0 Å². The number of carbonyl (C=O) groups is 6. The first-order valence-corrected chi connectivity index (χ1v) is 6.85. The van der Waals surface area contributed by atoms with Gasteiger partial charge in [0.15, 0.2) is 6.10 Å². The summed E-state index contributed by atoms with van der Waals surface area (Å²) in [6, 6.07) is 0. The molecule has 0 heterocycles. The van der Waals surface area contributed by atoms with Crippen molar-refractivity contribution in [3.63, 3.8) is 0 Å². The number of esters is 1. The van der Waals surface area contributed by atoms with Crippen LogP contribution in [0.1, 0.15) is 26.2 Å². The number of aliphatic carboxylic acids is 5. The van der Waals surface area contributed by atoms with Gasteiger partial charge in [-0.3, -0.25) is 14.4 Å². The summed E-state index contributed by atoms with van der Waals surface area (Å²) in [6.07, 6.45) is -7.36. The first kappa shape index (κ1) is 26.0. The van der Waals surface area contributed by atoms with Crippen molar-refractivity contribution in [2.75, 3.05) is 0 Å². The Bertz CT molecular complexity index is 576. The van der Waals surface area contributed by atoms with Crippen molar-refractivity contribution in [3.05, 3.63) is 0 Å². The number of rotatable bonds is 10. The van der Waals surface area contributed by atoms with E-state index in [2.05, 4.69) is 4.74 Å². The molecule has 0 aliphatic rings. The van der Waals surface area contributed by atoms with E-state index in [1.807, 2.05) is 0 Å². The van der Waals surface area contributed by atoms with Crippen molar-refractivity contribution in [2.45, 2.75) is 44.0 Å². The van der Waals surface area contributed by atoms with E-state index in [0.29, 0.717) is 0 Å². The predicted molar refractivity (Wildman–Crippen MR) is 78.5 cm³/mol. The van der Waals surface area contributed by atoms with Gasteiger partial charge in [0.05, 0.1) is 19.3 Å². The van der Waals surface area contributed by atoms with E-state index in [1.165, 1.54) is 6.92 Å². The lowest BCUT2D eigenvalue weighted by atomic mass is 9.95. The molecule has 0 aliphatic carbocycles. The van der Waals surface area contributed by atoms with Crippen LogP contribution in [0, 0.1) is 0 Å². The van der Waals surface area contributed by atoms with E-state index in [9.17, 15) is 28.8 Å². The second-order valence-corrected chi connectivity index (χ2v) is 4.99. The number of hydrogen-bond donors (Lipinski definition) is 7. The maximum Gasteiger partial charge on any atom is 0.349 e. The minimum atomic E-state index is -2.95. The highest BCUT2D eigenvalue weighted by Crippen LogP contribution is 2.23. The fourth-order valence-corrected chi connectivity index (χ4v) is 1.33. The second kappa shape index (κ2) is 11.4. The van der Waals surface area contributed by atoms with Crippen LogP contribution >= 0.6 is 0 Å². The lowest BCUT2D eigenvalue weighted by Crippen LogP contribution is -2.48. The Hall–Kier alpha value is -3.26. The van der Waals surface area contributed by atoms with Gasteiger partial charge < -0.3 is 40.5 Å². The van der Waals surface area contributed by atoms with E-state index in [1.54, 1.807) is 0 Å². The molecule has 14 nitrogen and oxygen atoms in total. The molecule has 0 aromatic carbocycles. The van der Waals surface area contributed by atoms with E-state index in [4.69, 9.17) is 35.7 Å². The van der Waals surface area contributed by atoms with Gasteiger partial charge in [-0.1, -0.05) is 0 Å². The molecule has 0 bridgehead atoms. The number of aliphatic hydroxyl groups excluding tert-OH is 2. The van der Waals surface area contributed by atoms with Gasteiger partial charge in [0.1, 0.15) is 6.10 Å². The third-order valence-electron chi connectivity index (χ3n) is 2.56. The molecule has 14 heteroatoms. The highest BCUT2D eigenvalue weighted by molar-refractivity contribution is 5.91. The molecule has 154 valence electrons. The molecule has 2 unspecified atom stereocenters. The highest BCUT2D eigenvalue weighted by Gasteiger charge is 2.48. The topological polar surface area (TPSA) is 253 Å². The molecule has 0 rings (SSSR count). The van der Waals surface area contributed by atoms with Crippen molar-refractivity contribution < 1.29 is 69.2 Å². The molecule has 0 amide bonds. The lowest BCUT2D eigenvalue weighted by Gasteiger charge is -2.27. The molecule has 27 heavy (non-hydrogen) atoms. The largest absolute Gasteiger partial charge is 0.481 e. The summed E-state index contributed by atoms with van der Waals surface area (Å²) < 4.78 is 4.27. The van der Waals surface area contributed by atoms with E-state index in [-0.39, 0.29) is 0 Å². The zero-order chi connectivity index (χ0) is 21.9. The SMILES string of the molecule is CC(O)C(=O)O.O=C(O)CC(O)C(=O)OC(CC(=O)O)(CC(=O)O)C(=O)O. The minimum absolute atomic E-state index is 1.12. The second-order valence-electron chi connectivity index (χ2n) is 4.99. The summed E-state index contributed by atoms with van der Waals surface area (Å²) in [5.74, 6) is -10.1. The van der Waals surface area contributed by atoms with Crippen LogP contribution in [-0.2, 0) is 33.5 Å². The van der Waals surface area contributed by atoms with Gasteiger partial charge in [-0.2, -0.15) is 0 Å². The van der Waals surface area contributed by atoms with Gasteiger partial charge >= 0.3 is 35.8 Å². The van der Waals surface area contributed by atoms with Gasteiger partial charge in [0.25, 0.3) is 0 Å². The zero-order valence-electron chi connectivity index (χ0n) is 13.8. The third kappa shape index (κ3) is 11.1. The molecule has 0 fully saturated rings. The van der Waals surface area contributed by atoms with Crippen molar-refractivity contribution in [2.24, 2.45) is 0 Å². The molecule has 0 aromatic rings. The van der Waals surface area contributed by atoms with Gasteiger partial charge in [0, 0.05) is 0 Å². The Morgan fingerprint density at radius 3 is 1.41 bits per heavy atom. The van der Waals surface area contributed by atoms with Crippen LogP contribution in [0.4, 0.5) is 0 Å². The number of carbonyl (C=O) groups excluding carboxylic acids is 1. The van der Waals surface area contributed by atoms with Crippen LogP contribution in [0.3, 0.4) is 0 Å². The van der Waals surface area contributed by atoms with Crippen molar-refractivity contribution in [1.82, 2.24) is 0 Å². The first-order chi connectivity index (χ1) is 12.1. The molecule has 0 saturated heterocycles. The van der Waals surface area contributed by atoms with Crippen LogP contribution in [0.2, 0.25) is 0 Å². The molecular weight excluding hydrogens is 380 g/mol. The quantitative estimate of drug-likeness (QED) is 0.189. The Labute approximate surface area is 150 Å². The Morgan fingerprint density at radius 1 is 0.815 bits per heavy atom. The Morgan fingerprint density at radius 2 is 1.19 bits per heavy atom. The molecule has 0 saturated carbocycles. The maximum absolute atomic E-state index is 11.4. The average Bonchev–Trinajstić information content (AvgIpc) is 2.44. The number of hydrogen-bond acceptors (Lipinski definition) is 9. The Balaban J connectivity index is 0. The minimum Gasteiger partial charge on any atom is -0.481 e. The summed E-state index contributed by atoms with van der Waals surface area (Å²) in [6.45, 7) is 1.20. The third-order valence-corrected chi connectivity index (χ3v) is 2.56. The molecular formula is C13H18O14. The van der Waals surface area contributed by atoms with E-state index < -0.39 is 72.9 Å². The number of carboxylic acids is 5. The maximum atomic E-state index is 11.4. The fourth-order valence-electron chi connectivity index (χ4n) is 1.33. The Kier molecular flexibility index (Phi) is 10.9.